The Bertz CT molecular complexity index is 349. The van der Waals surface area contributed by atoms with Crippen molar-refractivity contribution in [2.75, 3.05) is 6.54 Å². The van der Waals surface area contributed by atoms with Crippen molar-refractivity contribution < 1.29 is 4.79 Å². The van der Waals surface area contributed by atoms with Crippen molar-refractivity contribution in [1.82, 2.24) is 4.90 Å². The van der Waals surface area contributed by atoms with Crippen molar-refractivity contribution in [1.29, 1.82) is 0 Å². The number of carbonyl (C=O) groups excluding carboxylic acids is 1. The van der Waals surface area contributed by atoms with Crippen LogP contribution in [0.4, 0.5) is 0 Å². The van der Waals surface area contributed by atoms with Gasteiger partial charge in [0.25, 0.3) is 0 Å². The molecule has 0 bridgehead atoms. The maximum atomic E-state index is 13.2. The van der Waals surface area contributed by atoms with Gasteiger partial charge >= 0.3 is 0 Å². The van der Waals surface area contributed by atoms with Gasteiger partial charge < -0.3 is 10.6 Å². The molecule has 0 aliphatic heterocycles. The number of carbonyl (C=O) groups is 1. The van der Waals surface area contributed by atoms with Gasteiger partial charge in [0.2, 0.25) is 5.91 Å². The lowest BCUT2D eigenvalue weighted by Crippen LogP contribution is -2.50. The maximum absolute atomic E-state index is 13.2. The molecule has 122 valence electrons. The molecule has 0 aromatic heterocycles. The van der Waals surface area contributed by atoms with Crippen LogP contribution < -0.4 is 5.73 Å². The Morgan fingerprint density at radius 3 is 2.33 bits per heavy atom. The van der Waals surface area contributed by atoms with E-state index >= 15 is 0 Å². The van der Waals surface area contributed by atoms with Crippen molar-refractivity contribution in [3.63, 3.8) is 0 Å². The zero-order chi connectivity index (χ0) is 15.6. The van der Waals surface area contributed by atoms with Crippen molar-refractivity contribution in [3.8, 4) is 0 Å². The molecule has 2 aliphatic carbocycles. The van der Waals surface area contributed by atoms with Crippen LogP contribution in [0.1, 0.15) is 66.2 Å². The van der Waals surface area contributed by atoms with Gasteiger partial charge in [-0.1, -0.05) is 40.5 Å². The fraction of sp³-hybridized carbons (Fsp3) is 0.944. The maximum Gasteiger partial charge on any atom is 0.226 e. The highest BCUT2D eigenvalue weighted by molar-refractivity contribution is 5.79. The molecule has 2 saturated carbocycles. The van der Waals surface area contributed by atoms with E-state index in [-0.39, 0.29) is 12.0 Å². The van der Waals surface area contributed by atoms with Gasteiger partial charge in [0, 0.05) is 24.5 Å². The quantitative estimate of drug-likeness (QED) is 0.863. The van der Waals surface area contributed by atoms with Crippen molar-refractivity contribution >= 4 is 5.91 Å². The normalized spacial score (nSPS) is 34.4. The minimum absolute atomic E-state index is 0.149. The second-order valence-corrected chi connectivity index (χ2v) is 8.02. The fourth-order valence-electron chi connectivity index (χ4n) is 4.27. The minimum atomic E-state index is 0.149. The van der Waals surface area contributed by atoms with Gasteiger partial charge in [-0.05, 0) is 43.4 Å². The van der Waals surface area contributed by atoms with E-state index in [1.54, 1.807) is 0 Å². The summed E-state index contributed by atoms with van der Waals surface area (Å²) in [5.74, 6) is 2.11. The molecule has 3 heteroatoms. The molecule has 0 aromatic carbocycles. The van der Waals surface area contributed by atoms with E-state index < -0.39 is 0 Å². The number of rotatable bonds is 4. The number of nitrogens with two attached hydrogens (primary N) is 1. The molecular weight excluding hydrogens is 260 g/mol. The van der Waals surface area contributed by atoms with E-state index in [0.717, 1.165) is 19.4 Å². The minimum Gasteiger partial charge on any atom is -0.339 e. The van der Waals surface area contributed by atoms with E-state index in [1.807, 2.05) is 0 Å². The smallest absolute Gasteiger partial charge is 0.226 e. The fourth-order valence-corrected chi connectivity index (χ4v) is 4.27. The average molecular weight is 294 g/mol. The summed E-state index contributed by atoms with van der Waals surface area (Å²) in [5.41, 5.74) is 6.25. The summed E-state index contributed by atoms with van der Waals surface area (Å²) in [5, 5.41) is 0. The molecule has 0 heterocycles. The highest BCUT2D eigenvalue weighted by atomic mass is 16.2. The molecule has 2 rings (SSSR count). The average Bonchev–Trinajstić information content (AvgIpc) is 2.93. The van der Waals surface area contributed by atoms with Crippen LogP contribution in [-0.4, -0.2) is 29.4 Å². The van der Waals surface area contributed by atoms with Crippen LogP contribution in [-0.2, 0) is 4.79 Å². The Balaban J connectivity index is 2.09. The first-order valence-electron chi connectivity index (χ1n) is 8.96. The van der Waals surface area contributed by atoms with Crippen LogP contribution in [0.3, 0.4) is 0 Å². The van der Waals surface area contributed by atoms with Crippen molar-refractivity contribution in [2.45, 2.75) is 78.3 Å². The zero-order valence-electron chi connectivity index (χ0n) is 14.3. The molecule has 0 radical (unpaired) electrons. The van der Waals surface area contributed by atoms with Gasteiger partial charge in [0.05, 0.1) is 0 Å². The predicted octanol–water partition coefficient (Wildman–Crippen LogP) is 3.42. The molecular formula is C18H34N2O. The summed E-state index contributed by atoms with van der Waals surface area (Å²) < 4.78 is 0. The topological polar surface area (TPSA) is 46.3 Å². The predicted molar refractivity (Wildman–Crippen MR) is 87.8 cm³/mol. The number of hydrogen-bond donors (Lipinski definition) is 1. The van der Waals surface area contributed by atoms with E-state index in [1.165, 1.54) is 25.7 Å². The molecule has 21 heavy (non-hydrogen) atoms. The SMILES string of the molecule is CC(C)CN(C(=O)C1CC(N)C(C)CC1C)C1CCCC1. The van der Waals surface area contributed by atoms with Crippen LogP contribution in [0, 0.1) is 23.7 Å². The standard InChI is InChI=1S/C18H34N2O/c1-12(2)11-20(15-7-5-6-8-15)18(21)16-10-17(19)14(4)9-13(16)3/h12-17H,5-11,19H2,1-4H3. The van der Waals surface area contributed by atoms with Crippen LogP contribution in [0.25, 0.3) is 0 Å². The van der Waals surface area contributed by atoms with E-state index in [0.29, 0.717) is 29.7 Å². The second kappa shape index (κ2) is 7.13. The van der Waals surface area contributed by atoms with Crippen molar-refractivity contribution in [3.05, 3.63) is 0 Å². The van der Waals surface area contributed by atoms with Gasteiger partial charge in [-0.25, -0.2) is 0 Å². The number of nitrogens with zero attached hydrogens (tertiary/aromatic N) is 1. The highest BCUT2D eigenvalue weighted by Crippen LogP contribution is 2.36. The molecule has 2 fully saturated rings. The largest absolute Gasteiger partial charge is 0.339 e. The first-order chi connectivity index (χ1) is 9.90. The van der Waals surface area contributed by atoms with Gasteiger partial charge in [-0.15, -0.1) is 0 Å². The Morgan fingerprint density at radius 2 is 1.76 bits per heavy atom. The highest BCUT2D eigenvalue weighted by Gasteiger charge is 2.39. The molecule has 3 nitrogen and oxygen atoms in total. The summed E-state index contributed by atoms with van der Waals surface area (Å²) in [7, 11) is 0. The summed E-state index contributed by atoms with van der Waals surface area (Å²) in [4.78, 5) is 15.4. The molecule has 0 spiro atoms. The van der Waals surface area contributed by atoms with Gasteiger partial charge in [-0.2, -0.15) is 0 Å². The Labute approximate surface area is 130 Å². The van der Waals surface area contributed by atoms with Gasteiger partial charge in [0.15, 0.2) is 0 Å². The summed E-state index contributed by atoms with van der Waals surface area (Å²) in [6.45, 7) is 9.82. The number of hydrogen-bond acceptors (Lipinski definition) is 2. The van der Waals surface area contributed by atoms with E-state index in [4.69, 9.17) is 5.73 Å². The van der Waals surface area contributed by atoms with Crippen LogP contribution in [0.2, 0.25) is 0 Å². The Kier molecular flexibility index (Phi) is 5.70. The second-order valence-electron chi connectivity index (χ2n) is 8.02. The third-order valence-electron chi connectivity index (χ3n) is 5.62. The molecule has 2 aliphatic rings. The zero-order valence-corrected chi connectivity index (χ0v) is 14.3. The molecule has 2 N–H and O–H groups in total. The van der Waals surface area contributed by atoms with Crippen LogP contribution >= 0.6 is 0 Å². The Morgan fingerprint density at radius 1 is 1.14 bits per heavy atom. The first kappa shape index (κ1) is 16.8. The Hall–Kier alpha value is -0.570. The molecule has 1 amide bonds. The lowest BCUT2D eigenvalue weighted by atomic mass is 9.72. The molecule has 0 aromatic rings. The van der Waals surface area contributed by atoms with Gasteiger partial charge in [-0.3, -0.25) is 4.79 Å². The van der Waals surface area contributed by atoms with E-state index in [2.05, 4.69) is 32.6 Å². The third kappa shape index (κ3) is 4.00. The third-order valence-corrected chi connectivity index (χ3v) is 5.62. The van der Waals surface area contributed by atoms with E-state index in [9.17, 15) is 4.79 Å². The number of amides is 1. The summed E-state index contributed by atoms with van der Waals surface area (Å²) in [6.07, 6.45) is 6.93. The monoisotopic (exact) mass is 294 g/mol. The lowest BCUT2D eigenvalue weighted by Gasteiger charge is -2.41. The summed E-state index contributed by atoms with van der Waals surface area (Å²) in [6, 6.07) is 0.683. The molecule has 4 unspecified atom stereocenters. The first-order valence-corrected chi connectivity index (χ1v) is 8.96. The van der Waals surface area contributed by atoms with Crippen LogP contribution in [0.5, 0.6) is 0 Å². The lowest BCUT2D eigenvalue weighted by molar-refractivity contribution is -0.142. The summed E-state index contributed by atoms with van der Waals surface area (Å²) >= 11 is 0. The molecule has 4 atom stereocenters. The van der Waals surface area contributed by atoms with Gasteiger partial charge in [0.1, 0.15) is 0 Å². The van der Waals surface area contributed by atoms with Crippen molar-refractivity contribution in [2.24, 2.45) is 29.4 Å². The molecule has 0 saturated heterocycles. The van der Waals surface area contributed by atoms with Crippen LogP contribution in [0.15, 0.2) is 0 Å².